The summed E-state index contributed by atoms with van der Waals surface area (Å²) in [5.41, 5.74) is 6.68. The van der Waals surface area contributed by atoms with Crippen LogP contribution in [0.5, 0.6) is 0 Å². The molecule has 116 valence electrons. The topological polar surface area (TPSA) is 67.6 Å². The molecular weight excluding hydrogens is 266 g/mol. The molecule has 1 aliphatic rings. The lowest BCUT2D eigenvalue weighted by Gasteiger charge is -2.38. The minimum Gasteiger partial charge on any atom is -0.373 e. The predicted octanol–water partition coefficient (Wildman–Crippen LogP) is 0.913. The Labute approximate surface area is 126 Å². The Bertz CT molecular complexity index is 462. The molecule has 1 atom stereocenters. The number of benzene rings is 1. The van der Waals surface area contributed by atoms with Crippen molar-refractivity contribution in [2.24, 2.45) is 5.73 Å². The molecule has 0 aliphatic carbocycles. The van der Waals surface area contributed by atoms with E-state index in [1.807, 2.05) is 30.3 Å². The lowest BCUT2D eigenvalue weighted by molar-refractivity contribution is -0.122. The number of ether oxygens (including phenoxy) is 1. The number of amides is 1. The second-order valence-electron chi connectivity index (χ2n) is 6.06. The van der Waals surface area contributed by atoms with Gasteiger partial charge in [0.25, 0.3) is 0 Å². The van der Waals surface area contributed by atoms with E-state index >= 15 is 0 Å². The molecule has 21 heavy (non-hydrogen) atoms. The molecule has 3 N–H and O–H groups in total. The van der Waals surface area contributed by atoms with Crippen LogP contribution >= 0.6 is 0 Å². The zero-order valence-electron chi connectivity index (χ0n) is 12.8. The van der Waals surface area contributed by atoms with Crippen LogP contribution in [0.25, 0.3) is 0 Å². The number of carbonyl (C=O) groups is 1. The fraction of sp³-hybridized carbons (Fsp3) is 0.562. The Morgan fingerprint density at radius 2 is 2.14 bits per heavy atom. The van der Waals surface area contributed by atoms with Crippen molar-refractivity contribution >= 4 is 5.91 Å². The lowest BCUT2D eigenvalue weighted by atomic mass is 10.1. The number of morpholine rings is 1. The lowest BCUT2D eigenvalue weighted by Crippen LogP contribution is -2.50. The zero-order chi connectivity index (χ0) is 15.3. The summed E-state index contributed by atoms with van der Waals surface area (Å²) < 4.78 is 5.67. The average Bonchev–Trinajstić information content (AvgIpc) is 2.46. The van der Waals surface area contributed by atoms with Gasteiger partial charge in [-0.05, 0) is 19.4 Å². The summed E-state index contributed by atoms with van der Waals surface area (Å²) in [5.74, 6) is -0.131. The van der Waals surface area contributed by atoms with Gasteiger partial charge in [-0.3, -0.25) is 9.69 Å². The van der Waals surface area contributed by atoms with Crippen LogP contribution in [0.15, 0.2) is 30.3 Å². The first-order valence-corrected chi connectivity index (χ1v) is 7.42. The normalized spacial score (nSPS) is 20.0. The summed E-state index contributed by atoms with van der Waals surface area (Å²) in [5, 5.41) is 2.91. The van der Waals surface area contributed by atoms with Gasteiger partial charge in [0.15, 0.2) is 0 Å². The summed E-state index contributed by atoms with van der Waals surface area (Å²) in [6, 6.07) is 8.82. The summed E-state index contributed by atoms with van der Waals surface area (Å²) in [4.78, 5) is 14.3. The smallest absolute Gasteiger partial charge is 0.241 e. The Hall–Kier alpha value is -1.43. The van der Waals surface area contributed by atoms with Crippen LogP contribution in [0.4, 0.5) is 0 Å². The third-order valence-corrected chi connectivity index (χ3v) is 3.67. The van der Waals surface area contributed by atoms with Gasteiger partial charge < -0.3 is 15.8 Å². The minimum absolute atomic E-state index is 0.108. The van der Waals surface area contributed by atoms with Crippen LogP contribution in [0.3, 0.4) is 0 Å². The molecule has 0 saturated carbocycles. The molecule has 1 aromatic rings. The summed E-state index contributed by atoms with van der Waals surface area (Å²) in [7, 11) is 0. The van der Waals surface area contributed by atoms with Crippen LogP contribution < -0.4 is 11.1 Å². The van der Waals surface area contributed by atoms with Crippen molar-refractivity contribution in [3.8, 4) is 0 Å². The van der Waals surface area contributed by atoms with Gasteiger partial charge in [0, 0.05) is 26.2 Å². The van der Waals surface area contributed by atoms with Gasteiger partial charge in [0.1, 0.15) is 6.04 Å². The Morgan fingerprint density at radius 1 is 1.43 bits per heavy atom. The maximum Gasteiger partial charge on any atom is 0.241 e. The van der Waals surface area contributed by atoms with Crippen LogP contribution in [-0.2, 0) is 9.53 Å². The highest BCUT2D eigenvalue weighted by Crippen LogP contribution is 2.15. The minimum atomic E-state index is -0.604. The van der Waals surface area contributed by atoms with Gasteiger partial charge in [-0.25, -0.2) is 0 Å². The molecule has 1 saturated heterocycles. The van der Waals surface area contributed by atoms with E-state index in [-0.39, 0.29) is 11.5 Å². The molecule has 1 fully saturated rings. The molecular formula is C16H25N3O2. The average molecular weight is 291 g/mol. The van der Waals surface area contributed by atoms with E-state index in [1.54, 1.807) is 0 Å². The Morgan fingerprint density at radius 3 is 2.81 bits per heavy atom. The third kappa shape index (κ3) is 4.81. The molecule has 0 radical (unpaired) electrons. The second-order valence-corrected chi connectivity index (χ2v) is 6.06. The second kappa shape index (κ2) is 7.02. The SMILES string of the molecule is CC1(C)CN(CCNC(=O)C(N)c2ccccc2)CCO1. The van der Waals surface area contributed by atoms with Crippen molar-refractivity contribution in [1.29, 1.82) is 0 Å². The molecule has 1 aromatic carbocycles. The van der Waals surface area contributed by atoms with Crippen LogP contribution in [0.2, 0.25) is 0 Å². The summed E-state index contributed by atoms with van der Waals surface area (Å²) in [6.45, 7) is 8.13. The third-order valence-electron chi connectivity index (χ3n) is 3.67. The quantitative estimate of drug-likeness (QED) is 0.846. The van der Waals surface area contributed by atoms with Crippen molar-refractivity contribution < 1.29 is 9.53 Å². The molecule has 1 amide bonds. The number of nitrogens with two attached hydrogens (primary N) is 1. The molecule has 1 aliphatic heterocycles. The zero-order valence-corrected chi connectivity index (χ0v) is 12.8. The van der Waals surface area contributed by atoms with E-state index in [4.69, 9.17) is 10.5 Å². The van der Waals surface area contributed by atoms with E-state index < -0.39 is 6.04 Å². The Balaban J connectivity index is 1.74. The first-order valence-electron chi connectivity index (χ1n) is 7.42. The number of nitrogens with one attached hydrogen (secondary N) is 1. The van der Waals surface area contributed by atoms with Gasteiger partial charge in [-0.2, -0.15) is 0 Å². The van der Waals surface area contributed by atoms with Gasteiger partial charge in [0.05, 0.1) is 12.2 Å². The van der Waals surface area contributed by atoms with Crippen molar-refractivity contribution in [1.82, 2.24) is 10.2 Å². The number of nitrogens with zero attached hydrogens (tertiary/aromatic N) is 1. The standard InChI is InChI=1S/C16H25N3O2/c1-16(2)12-19(10-11-21-16)9-8-18-15(20)14(17)13-6-4-3-5-7-13/h3-7,14H,8-12,17H2,1-2H3,(H,18,20). The molecule has 1 unspecified atom stereocenters. The van der Waals surface area contributed by atoms with Gasteiger partial charge >= 0.3 is 0 Å². The number of hydrogen-bond acceptors (Lipinski definition) is 4. The van der Waals surface area contributed by atoms with E-state index in [0.29, 0.717) is 6.54 Å². The van der Waals surface area contributed by atoms with E-state index in [0.717, 1.165) is 31.8 Å². The first kappa shape index (κ1) is 15.9. The molecule has 1 heterocycles. The molecule has 0 spiro atoms. The highest BCUT2D eigenvalue weighted by Gasteiger charge is 2.26. The van der Waals surface area contributed by atoms with E-state index in [1.165, 1.54) is 0 Å². The fourth-order valence-electron chi connectivity index (χ4n) is 2.56. The highest BCUT2D eigenvalue weighted by atomic mass is 16.5. The molecule has 0 aromatic heterocycles. The summed E-state index contributed by atoms with van der Waals surface area (Å²) in [6.07, 6.45) is 0. The maximum absolute atomic E-state index is 12.0. The Kier molecular flexibility index (Phi) is 5.33. The number of rotatable bonds is 5. The molecule has 5 nitrogen and oxygen atoms in total. The molecule has 5 heteroatoms. The number of hydrogen-bond donors (Lipinski definition) is 2. The molecule has 2 rings (SSSR count). The van der Waals surface area contributed by atoms with Gasteiger partial charge in [-0.1, -0.05) is 30.3 Å². The van der Waals surface area contributed by atoms with Crippen LogP contribution in [-0.4, -0.2) is 49.2 Å². The monoisotopic (exact) mass is 291 g/mol. The van der Waals surface area contributed by atoms with Gasteiger partial charge in [-0.15, -0.1) is 0 Å². The maximum atomic E-state index is 12.0. The first-order chi connectivity index (χ1) is 9.98. The highest BCUT2D eigenvalue weighted by molar-refractivity contribution is 5.82. The van der Waals surface area contributed by atoms with Crippen molar-refractivity contribution in [2.45, 2.75) is 25.5 Å². The van der Waals surface area contributed by atoms with E-state index in [2.05, 4.69) is 24.1 Å². The molecule has 0 bridgehead atoms. The largest absolute Gasteiger partial charge is 0.373 e. The summed E-state index contributed by atoms with van der Waals surface area (Å²) >= 11 is 0. The van der Waals surface area contributed by atoms with Crippen LogP contribution in [0.1, 0.15) is 25.5 Å². The van der Waals surface area contributed by atoms with Crippen molar-refractivity contribution in [2.75, 3.05) is 32.8 Å². The van der Waals surface area contributed by atoms with E-state index in [9.17, 15) is 4.79 Å². The van der Waals surface area contributed by atoms with Crippen molar-refractivity contribution in [3.63, 3.8) is 0 Å². The number of carbonyl (C=O) groups excluding carboxylic acids is 1. The van der Waals surface area contributed by atoms with Crippen LogP contribution in [0, 0.1) is 0 Å². The predicted molar refractivity (Wildman–Crippen MR) is 82.9 cm³/mol. The van der Waals surface area contributed by atoms with Crippen molar-refractivity contribution in [3.05, 3.63) is 35.9 Å². The fourth-order valence-corrected chi connectivity index (χ4v) is 2.56. The van der Waals surface area contributed by atoms with Gasteiger partial charge in [0.2, 0.25) is 5.91 Å².